The van der Waals surface area contributed by atoms with Crippen molar-refractivity contribution in [2.75, 3.05) is 13.1 Å². The van der Waals surface area contributed by atoms with Gasteiger partial charge in [0.05, 0.1) is 10.0 Å². The third-order valence-electron chi connectivity index (χ3n) is 4.60. The fourth-order valence-corrected chi connectivity index (χ4v) is 4.35. The number of rotatable bonds is 3. The number of alkyl halides is 3. The number of aromatic amines is 1. The molecule has 1 aliphatic heterocycles. The molecule has 3 rings (SSSR count). The lowest BCUT2D eigenvalue weighted by atomic mass is 9.89. The third kappa shape index (κ3) is 3.98. The Balaban J connectivity index is 1.82. The Hall–Kier alpha value is -1.74. The number of hydrogen-bond donors (Lipinski definition) is 2. The van der Waals surface area contributed by atoms with Gasteiger partial charge in [0.1, 0.15) is 10.7 Å². The first-order chi connectivity index (χ1) is 12.1. The number of nitrogens with two attached hydrogens (primary N) is 1. The second-order valence-corrected chi connectivity index (χ2v) is 8.05. The van der Waals surface area contributed by atoms with Crippen LogP contribution in [-0.2, 0) is 4.79 Å². The highest BCUT2D eigenvalue weighted by Gasteiger charge is 2.46. The summed E-state index contributed by atoms with van der Waals surface area (Å²) in [6.07, 6.45) is -4.01. The van der Waals surface area contributed by atoms with Gasteiger partial charge in [-0.1, -0.05) is 11.6 Å². The molecule has 5 nitrogen and oxygen atoms in total. The number of H-pyrrole nitrogens is 1. The predicted molar refractivity (Wildman–Crippen MR) is 96.7 cm³/mol. The van der Waals surface area contributed by atoms with E-state index in [1.54, 1.807) is 17.0 Å². The van der Waals surface area contributed by atoms with Crippen molar-refractivity contribution < 1.29 is 18.0 Å². The SMILES string of the molecule is CC(=O)N1CCC([C@@H](N=C(N)c2cc3cc(Cl)sc3[nH]2)C(F)(F)F)CC1. The molecule has 3 N–H and O–H groups in total. The van der Waals surface area contributed by atoms with Gasteiger partial charge in [0, 0.05) is 25.4 Å². The van der Waals surface area contributed by atoms with Gasteiger partial charge >= 0.3 is 6.18 Å². The second-order valence-electron chi connectivity index (χ2n) is 6.36. The Kier molecular flexibility index (Phi) is 5.21. The summed E-state index contributed by atoms with van der Waals surface area (Å²) in [5.41, 5.74) is 6.21. The molecular weight excluding hydrogens is 389 g/mol. The molecule has 1 saturated heterocycles. The summed E-state index contributed by atoms with van der Waals surface area (Å²) >= 11 is 7.18. The van der Waals surface area contributed by atoms with Crippen LogP contribution in [0, 0.1) is 5.92 Å². The number of carbonyl (C=O) groups is 1. The van der Waals surface area contributed by atoms with Gasteiger partial charge < -0.3 is 15.6 Å². The highest BCUT2D eigenvalue weighted by Crippen LogP contribution is 2.35. The highest BCUT2D eigenvalue weighted by atomic mass is 35.5. The summed E-state index contributed by atoms with van der Waals surface area (Å²) in [5, 5.41) is 0.784. The van der Waals surface area contributed by atoms with Crippen LogP contribution in [0.4, 0.5) is 13.2 Å². The molecule has 0 saturated carbocycles. The van der Waals surface area contributed by atoms with Gasteiger partial charge in [-0.15, -0.1) is 11.3 Å². The van der Waals surface area contributed by atoms with Crippen molar-refractivity contribution in [3.8, 4) is 0 Å². The van der Waals surface area contributed by atoms with E-state index in [0.717, 1.165) is 10.2 Å². The summed E-state index contributed by atoms with van der Waals surface area (Å²) < 4.78 is 41.3. The molecule has 1 amide bonds. The summed E-state index contributed by atoms with van der Waals surface area (Å²) in [6, 6.07) is 1.47. The van der Waals surface area contributed by atoms with Crippen molar-refractivity contribution in [2.45, 2.75) is 32.0 Å². The van der Waals surface area contributed by atoms with Crippen LogP contribution >= 0.6 is 22.9 Å². The molecule has 142 valence electrons. The number of likely N-dealkylation sites (tertiary alicyclic amines) is 1. The number of piperidine rings is 1. The fraction of sp³-hybridized carbons (Fsp3) is 0.500. The first kappa shape index (κ1) is 19.0. The van der Waals surface area contributed by atoms with Gasteiger partial charge in [-0.05, 0) is 30.9 Å². The van der Waals surface area contributed by atoms with Gasteiger partial charge in [-0.3, -0.25) is 9.79 Å². The first-order valence-corrected chi connectivity index (χ1v) is 9.28. The van der Waals surface area contributed by atoms with Crippen LogP contribution in [0.1, 0.15) is 25.5 Å². The molecule has 0 aliphatic carbocycles. The number of nitrogens with zero attached hydrogens (tertiary/aromatic N) is 2. The Morgan fingerprint density at radius 2 is 2.08 bits per heavy atom. The first-order valence-electron chi connectivity index (χ1n) is 8.09. The van der Waals surface area contributed by atoms with E-state index in [9.17, 15) is 18.0 Å². The van der Waals surface area contributed by atoms with Crippen molar-refractivity contribution >= 4 is 44.9 Å². The smallest absolute Gasteiger partial charge is 0.382 e. The quantitative estimate of drug-likeness (QED) is 0.601. The minimum atomic E-state index is -4.50. The van der Waals surface area contributed by atoms with Crippen molar-refractivity contribution in [1.29, 1.82) is 0 Å². The molecule has 1 atom stereocenters. The third-order valence-corrected chi connectivity index (χ3v) is 5.80. The van der Waals surface area contributed by atoms with E-state index in [-0.39, 0.29) is 24.6 Å². The minimum Gasteiger partial charge on any atom is -0.382 e. The largest absolute Gasteiger partial charge is 0.411 e. The van der Waals surface area contributed by atoms with Gasteiger partial charge in [0.25, 0.3) is 0 Å². The molecule has 0 unspecified atom stereocenters. The molecule has 3 heterocycles. The van der Waals surface area contributed by atoms with Gasteiger partial charge in [-0.2, -0.15) is 13.2 Å². The van der Waals surface area contributed by atoms with Crippen LogP contribution in [0.3, 0.4) is 0 Å². The summed E-state index contributed by atoms with van der Waals surface area (Å²) in [7, 11) is 0. The van der Waals surface area contributed by atoms with Gasteiger partial charge in [0.15, 0.2) is 6.04 Å². The maximum atomic E-state index is 13.6. The van der Waals surface area contributed by atoms with E-state index in [4.69, 9.17) is 17.3 Å². The molecule has 0 spiro atoms. The lowest BCUT2D eigenvalue weighted by Gasteiger charge is -2.35. The van der Waals surface area contributed by atoms with Crippen LogP contribution in [0.5, 0.6) is 0 Å². The Bertz CT molecular complexity index is 805. The zero-order chi connectivity index (χ0) is 19.1. The average molecular weight is 407 g/mol. The maximum Gasteiger partial charge on any atom is 0.411 e. The number of carbonyl (C=O) groups excluding carboxylic acids is 1. The van der Waals surface area contributed by atoms with E-state index in [0.29, 0.717) is 23.1 Å². The number of nitrogens with one attached hydrogen (secondary N) is 1. The molecule has 2 aromatic rings. The van der Waals surface area contributed by atoms with Crippen LogP contribution < -0.4 is 5.73 Å². The number of amides is 1. The molecule has 10 heteroatoms. The van der Waals surface area contributed by atoms with Crippen molar-refractivity contribution in [3.63, 3.8) is 0 Å². The fourth-order valence-electron chi connectivity index (χ4n) is 3.23. The zero-order valence-corrected chi connectivity index (χ0v) is 15.5. The molecule has 0 radical (unpaired) electrons. The molecule has 2 aromatic heterocycles. The number of amidine groups is 1. The van der Waals surface area contributed by atoms with Crippen LogP contribution in [0.15, 0.2) is 17.1 Å². The molecule has 0 bridgehead atoms. The topological polar surface area (TPSA) is 74.5 Å². The second kappa shape index (κ2) is 7.11. The number of thiophene rings is 1. The zero-order valence-electron chi connectivity index (χ0n) is 13.9. The maximum absolute atomic E-state index is 13.6. The standard InChI is InChI=1S/C16H18ClF3N4OS/c1-8(25)24-4-2-9(3-5-24)13(16(18,19)20)23-14(21)11-6-10-7-12(17)26-15(10)22-11/h6-7,9,13,22H,2-5H2,1H3,(H2,21,23)/t13-/m1/s1. The van der Waals surface area contributed by atoms with Crippen LogP contribution in [0.25, 0.3) is 10.2 Å². The van der Waals surface area contributed by atoms with Gasteiger partial charge in [0.2, 0.25) is 5.91 Å². The van der Waals surface area contributed by atoms with E-state index in [1.165, 1.54) is 18.3 Å². The molecule has 26 heavy (non-hydrogen) atoms. The lowest BCUT2D eigenvalue weighted by molar-refractivity contribution is -0.162. The summed E-state index contributed by atoms with van der Waals surface area (Å²) in [5.74, 6) is -1.00. The highest BCUT2D eigenvalue weighted by molar-refractivity contribution is 7.22. The summed E-state index contributed by atoms with van der Waals surface area (Å²) in [6.45, 7) is 2.03. The molecule has 1 fully saturated rings. The molecular formula is C16H18ClF3N4OS. The van der Waals surface area contributed by atoms with Crippen molar-refractivity contribution in [1.82, 2.24) is 9.88 Å². The Morgan fingerprint density at radius 3 is 2.62 bits per heavy atom. The van der Waals surface area contributed by atoms with E-state index < -0.39 is 18.1 Å². The normalized spacial score (nSPS) is 18.5. The number of fused-ring (bicyclic) bond motifs is 1. The monoisotopic (exact) mass is 406 g/mol. The number of aliphatic imine (C=N–C) groups is 1. The number of aromatic nitrogens is 1. The molecule has 0 aromatic carbocycles. The van der Waals surface area contributed by atoms with E-state index in [2.05, 4.69) is 9.98 Å². The predicted octanol–water partition coefficient (Wildman–Crippen LogP) is 3.78. The Labute approximate surface area is 157 Å². The lowest BCUT2D eigenvalue weighted by Crippen LogP contribution is -2.44. The van der Waals surface area contributed by atoms with Crippen LogP contribution in [-0.4, -0.2) is 46.9 Å². The molecule has 1 aliphatic rings. The van der Waals surface area contributed by atoms with E-state index >= 15 is 0 Å². The minimum absolute atomic E-state index is 0.125. The Morgan fingerprint density at radius 1 is 1.42 bits per heavy atom. The number of hydrogen-bond acceptors (Lipinski definition) is 3. The van der Waals surface area contributed by atoms with Crippen molar-refractivity contribution in [2.24, 2.45) is 16.6 Å². The van der Waals surface area contributed by atoms with Crippen molar-refractivity contribution in [3.05, 3.63) is 22.2 Å². The number of halogens is 4. The average Bonchev–Trinajstić information content (AvgIpc) is 3.08. The van der Waals surface area contributed by atoms with Crippen LogP contribution in [0.2, 0.25) is 4.34 Å². The summed E-state index contributed by atoms with van der Waals surface area (Å²) in [4.78, 5) is 20.4. The van der Waals surface area contributed by atoms with E-state index in [1.807, 2.05) is 0 Å². The van der Waals surface area contributed by atoms with Gasteiger partial charge in [-0.25, -0.2) is 0 Å².